The number of fused-ring (bicyclic) bond motifs is 1. The van der Waals surface area contributed by atoms with Gasteiger partial charge in [0, 0.05) is 6.20 Å². The van der Waals surface area contributed by atoms with Crippen molar-refractivity contribution < 1.29 is 4.42 Å². The third-order valence-electron chi connectivity index (χ3n) is 3.08. The van der Waals surface area contributed by atoms with Crippen LogP contribution in [0.3, 0.4) is 0 Å². The van der Waals surface area contributed by atoms with Crippen LogP contribution in [0.1, 0.15) is 18.1 Å². The van der Waals surface area contributed by atoms with Crippen LogP contribution in [0.4, 0.5) is 0 Å². The minimum atomic E-state index is -0.00572. The van der Waals surface area contributed by atoms with Crippen molar-refractivity contribution in [3.63, 3.8) is 0 Å². The Hall–Kier alpha value is -2.19. The molecule has 0 aliphatic heterocycles. The Kier molecular flexibility index (Phi) is 3.39. The molecule has 0 aliphatic carbocycles. The molecule has 0 bridgehead atoms. The molecule has 0 radical (unpaired) electrons. The number of rotatable bonds is 4. The molecule has 4 rings (SSSR count). The second-order valence-corrected chi connectivity index (χ2v) is 6.85. The third kappa shape index (κ3) is 2.40. The monoisotopic (exact) mass is 329 g/mol. The second kappa shape index (κ2) is 5.54. The lowest BCUT2D eigenvalue weighted by atomic mass is 10.5. The Labute approximate surface area is 134 Å². The van der Waals surface area contributed by atoms with Crippen LogP contribution in [-0.4, -0.2) is 24.8 Å². The van der Waals surface area contributed by atoms with Gasteiger partial charge in [-0.05, 0) is 30.5 Å². The van der Waals surface area contributed by atoms with Gasteiger partial charge in [-0.1, -0.05) is 23.9 Å². The number of pyridine rings is 1. The second-order valence-electron chi connectivity index (χ2n) is 4.59. The van der Waals surface area contributed by atoms with Crippen molar-refractivity contribution in [1.29, 1.82) is 0 Å². The molecule has 0 amide bonds. The molecule has 4 aromatic rings. The molecule has 0 N–H and O–H groups in total. The molecule has 4 heterocycles. The molecule has 0 aromatic carbocycles. The van der Waals surface area contributed by atoms with Gasteiger partial charge in [0.1, 0.15) is 0 Å². The zero-order valence-corrected chi connectivity index (χ0v) is 13.2. The summed E-state index contributed by atoms with van der Waals surface area (Å²) in [5.41, 5.74) is 0.821. The normalized spacial score (nSPS) is 12.8. The first-order valence-electron chi connectivity index (χ1n) is 6.65. The van der Waals surface area contributed by atoms with Crippen molar-refractivity contribution in [2.45, 2.75) is 17.3 Å². The molecule has 6 nitrogen and oxygen atoms in total. The molecule has 0 aliphatic rings. The SMILES string of the molecule is C[C@H](Sc1nnc2ccccn12)c1nnc(-c2cccs2)o1. The van der Waals surface area contributed by atoms with Gasteiger partial charge in [0.25, 0.3) is 5.89 Å². The molecule has 0 unspecified atom stereocenters. The molecular formula is C14H11N5OS2. The first kappa shape index (κ1) is 13.5. The van der Waals surface area contributed by atoms with E-state index < -0.39 is 0 Å². The molecular weight excluding hydrogens is 318 g/mol. The Morgan fingerprint density at radius 2 is 2.09 bits per heavy atom. The summed E-state index contributed by atoms with van der Waals surface area (Å²) in [6, 6.07) is 9.74. The summed E-state index contributed by atoms with van der Waals surface area (Å²) in [5, 5.41) is 19.4. The Balaban J connectivity index is 1.58. The van der Waals surface area contributed by atoms with Crippen LogP contribution < -0.4 is 0 Å². The fourth-order valence-corrected chi connectivity index (χ4v) is 3.52. The molecule has 0 saturated heterocycles. The van der Waals surface area contributed by atoms with Gasteiger partial charge < -0.3 is 4.42 Å². The summed E-state index contributed by atoms with van der Waals surface area (Å²) in [6.45, 7) is 2.01. The maximum Gasteiger partial charge on any atom is 0.257 e. The minimum Gasteiger partial charge on any atom is -0.419 e. The molecule has 0 spiro atoms. The van der Waals surface area contributed by atoms with E-state index in [0.717, 1.165) is 15.7 Å². The Morgan fingerprint density at radius 3 is 2.95 bits per heavy atom. The van der Waals surface area contributed by atoms with Gasteiger partial charge in [-0.2, -0.15) is 0 Å². The van der Waals surface area contributed by atoms with Crippen LogP contribution >= 0.6 is 23.1 Å². The number of hydrogen-bond acceptors (Lipinski definition) is 7. The van der Waals surface area contributed by atoms with Crippen molar-refractivity contribution in [3.05, 3.63) is 47.8 Å². The van der Waals surface area contributed by atoms with E-state index in [0.29, 0.717) is 11.8 Å². The zero-order chi connectivity index (χ0) is 14.9. The summed E-state index contributed by atoms with van der Waals surface area (Å²) in [7, 11) is 0. The van der Waals surface area contributed by atoms with Gasteiger partial charge in [0.2, 0.25) is 5.89 Å². The topological polar surface area (TPSA) is 69.1 Å². The summed E-state index contributed by atoms with van der Waals surface area (Å²) in [4.78, 5) is 0.976. The minimum absolute atomic E-state index is 0.00572. The number of aromatic nitrogens is 5. The number of hydrogen-bond donors (Lipinski definition) is 0. The predicted molar refractivity (Wildman–Crippen MR) is 84.9 cm³/mol. The van der Waals surface area contributed by atoms with Crippen molar-refractivity contribution in [3.8, 4) is 10.8 Å². The molecule has 4 aromatic heterocycles. The summed E-state index contributed by atoms with van der Waals surface area (Å²) in [6.07, 6.45) is 1.94. The van der Waals surface area contributed by atoms with Crippen molar-refractivity contribution in [2.24, 2.45) is 0 Å². The van der Waals surface area contributed by atoms with Crippen LogP contribution in [0.15, 0.2) is 51.5 Å². The average Bonchev–Trinajstić information content (AvgIpc) is 3.28. The van der Waals surface area contributed by atoms with E-state index in [2.05, 4.69) is 20.4 Å². The van der Waals surface area contributed by atoms with E-state index in [1.807, 2.05) is 53.2 Å². The van der Waals surface area contributed by atoms with Gasteiger partial charge >= 0.3 is 0 Å². The Bertz CT molecular complexity index is 899. The summed E-state index contributed by atoms with van der Waals surface area (Å²) >= 11 is 3.12. The molecule has 0 saturated carbocycles. The summed E-state index contributed by atoms with van der Waals surface area (Å²) < 4.78 is 7.70. The van der Waals surface area contributed by atoms with E-state index >= 15 is 0 Å². The maximum atomic E-state index is 5.76. The van der Waals surface area contributed by atoms with E-state index in [1.165, 1.54) is 11.8 Å². The van der Waals surface area contributed by atoms with E-state index in [4.69, 9.17) is 4.42 Å². The van der Waals surface area contributed by atoms with Gasteiger partial charge in [-0.3, -0.25) is 4.40 Å². The zero-order valence-electron chi connectivity index (χ0n) is 11.6. The van der Waals surface area contributed by atoms with Crippen LogP contribution in [0, 0.1) is 0 Å². The van der Waals surface area contributed by atoms with Gasteiger partial charge in [0.15, 0.2) is 10.8 Å². The molecule has 1 atom stereocenters. The number of thioether (sulfide) groups is 1. The highest BCUT2D eigenvalue weighted by Gasteiger charge is 2.19. The van der Waals surface area contributed by atoms with Crippen molar-refractivity contribution in [1.82, 2.24) is 24.8 Å². The van der Waals surface area contributed by atoms with Crippen LogP contribution in [-0.2, 0) is 0 Å². The molecule has 8 heteroatoms. The van der Waals surface area contributed by atoms with Gasteiger partial charge in [-0.25, -0.2) is 0 Å². The van der Waals surface area contributed by atoms with Crippen LogP contribution in [0.25, 0.3) is 16.4 Å². The van der Waals surface area contributed by atoms with Crippen LogP contribution in [0.5, 0.6) is 0 Å². The van der Waals surface area contributed by atoms with Crippen molar-refractivity contribution in [2.75, 3.05) is 0 Å². The smallest absolute Gasteiger partial charge is 0.257 e. The van der Waals surface area contributed by atoms with Gasteiger partial charge in [0.05, 0.1) is 10.1 Å². The average molecular weight is 329 g/mol. The van der Waals surface area contributed by atoms with Crippen LogP contribution in [0.2, 0.25) is 0 Å². The predicted octanol–water partition coefficient (Wildman–Crippen LogP) is 3.69. The Morgan fingerprint density at radius 1 is 1.14 bits per heavy atom. The highest BCUT2D eigenvalue weighted by molar-refractivity contribution is 7.99. The highest BCUT2D eigenvalue weighted by atomic mass is 32.2. The highest BCUT2D eigenvalue weighted by Crippen LogP contribution is 2.34. The molecule has 110 valence electrons. The summed E-state index contributed by atoms with van der Waals surface area (Å²) in [5.74, 6) is 1.14. The number of nitrogens with zero attached hydrogens (tertiary/aromatic N) is 5. The first-order valence-corrected chi connectivity index (χ1v) is 8.41. The fourth-order valence-electron chi connectivity index (χ4n) is 2.01. The third-order valence-corrected chi connectivity index (χ3v) is 4.99. The lowest BCUT2D eigenvalue weighted by Crippen LogP contribution is -1.92. The maximum absolute atomic E-state index is 5.76. The quantitative estimate of drug-likeness (QED) is 0.532. The number of thiophene rings is 1. The fraction of sp³-hybridized carbons (Fsp3) is 0.143. The van der Waals surface area contributed by atoms with E-state index in [1.54, 1.807) is 11.3 Å². The lowest BCUT2D eigenvalue weighted by Gasteiger charge is -2.04. The van der Waals surface area contributed by atoms with Gasteiger partial charge in [-0.15, -0.1) is 31.7 Å². The van der Waals surface area contributed by atoms with E-state index in [9.17, 15) is 0 Å². The molecule has 22 heavy (non-hydrogen) atoms. The largest absolute Gasteiger partial charge is 0.419 e. The standard InChI is InChI=1S/C14H11N5OS2/c1-9(12-16-17-13(20-12)10-5-4-8-21-10)22-14-18-15-11-6-2-3-7-19(11)14/h2-9H,1H3/t9-/m0/s1. The molecule has 0 fully saturated rings. The van der Waals surface area contributed by atoms with E-state index in [-0.39, 0.29) is 5.25 Å². The first-order chi connectivity index (χ1) is 10.8. The van der Waals surface area contributed by atoms with Crippen molar-refractivity contribution >= 4 is 28.7 Å². The lowest BCUT2D eigenvalue weighted by molar-refractivity contribution is 0.510.